The van der Waals surface area contributed by atoms with Crippen molar-refractivity contribution in [2.75, 3.05) is 34.0 Å². The van der Waals surface area contributed by atoms with Crippen molar-refractivity contribution in [2.24, 2.45) is 0 Å². The van der Waals surface area contributed by atoms with Gasteiger partial charge in [-0.15, -0.1) is 0 Å². The maximum Gasteiger partial charge on any atom is 0.261 e. The standard InChI is InChI=1S/C28H31ClN2O5/c1-34-17-16-30-28(33)25(18-21-8-4-3-5-9-21)31(19-22-12-14-23(35-2)15-13-22)27(32)20-36-26-11-7-6-10-24(26)29/h3-15,25H,16-20H2,1-2H3,(H,30,33)/t25-/m1/s1. The second-order valence-corrected chi connectivity index (χ2v) is 8.49. The zero-order valence-corrected chi connectivity index (χ0v) is 21.2. The van der Waals surface area contributed by atoms with E-state index in [0.717, 1.165) is 11.1 Å². The third-order valence-corrected chi connectivity index (χ3v) is 5.89. The Bertz CT molecular complexity index is 1110. The number of amides is 2. The van der Waals surface area contributed by atoms with Gasteiger partial charge in [0.1, 0.15) is 17.5 Å². The van der Waals surface area contributed by atoms with Crippen LogP contribution in [0.1, 0.15) is 11.1 Å². The monoisotopic (exact) mass is 510 g/mol. The van der Waals surface area contributed by atoms with Crippen LogP contribution in [0.25, 0.3) is 0 Å². The number of benzene rings is 3. The highest BCUT2D eigenvalue weighted by atomic mass is 35.5. The van der Waals surface area contributed by atoms with Crippen molar-refractivity contribution in [1.29, 1.82) is 0 Å². The molecule has 0 saturated carbocycles. The summed E-state index contributed by atoms with van der Waals surface area (Å²) < 4.78 is 16.1. The lowest BCUT2D eigenvalue weighted by atomic mass is 10.0. The van der Waals surface area contributed by atoms with E-state index in [-0.39, 0.29) is 25.0 Å². The van der Waals surface area contributed by atoms with Gasteiger partial charge in [0.15, 0.2) is 6.61 Å². The van der Waals surface area contributed by atoms with Crippen molar-refractivity contribution >= 4 is 23.4 Å². The summed E-state index contributed by atoms with van der Waals surface area (Å²) in [6, 6.07) is 23.2. The smallest absolute Gasteiger partial charge is 0.261 e. The molecule has 0 aromatic heterocycles. The summed E-state index contributed by atoms with van der Waals surface area (Å²) in [5.41, 5.74) is 1.79. The molecule has 3 aromatic rings. The highest BCUT2D eigenvalue weighted by molar-refractivity contribution is 6.32. The van der Waals surface area contributed by atoms with Crippen LogP contribution in [0.2, 0.25) is 5.02 Å². The van der Waals surface area contributed by atoms with Crippen LogP contribution in [0, 0.1) is 0 Å². The van der Waals surface area contributed by atoms with E-state index in [1.807, 2.05) is 54.6 Å². The number of carbonyl (C=O) groups is 2. The van der Waals surface area contributed by atoms with Gasteiger partial charge in [-0.1, -0.05) is 66.2 Å². The van der Waals surface area contributed by atoms with Gasteiger partial charge in [0.05, 0.1) is 18.7 Å². The molecule has 0 spiro atoms. The second kappa shape index (κ2) is 14.1. The fourth-order valence-corrected chi connectivity index (χ4v) is 3.85. The van der Waals surface area contributed by atoms with Gasteiger partial charge in [-0.3, -0.25) is 9.59 Å². The predicted molar refractivity (Wildman–Crippen MR) is 139 cm³/mol. The number of hydrogen-bond donors (Lipinski definition) is 1. The zero-order chi connectivity index (χ0) is 25.8. The molecular weight excluding hydrogens is 480 g/mol. The lowest BCUT2D eigenvalue weighted by Crippen LogP contribution is -2.52. The summed E-state index contributed by atoms with van der Waals surface area (Å²) in [5.74, 6) is 0.502. The van der Waals surface area contributed by atoms with Crippen molar-refractivity contribution in [1.82, 2.24) is 10.2 Å². The molecule has 3 rings (SSSR count). The average Bonchev–Trinajstić information content (AvgIpc) is 2.91. The number of hydrogen-bond acceptors (Lipinski definition) is 5. The fourth-order valence-electron chi connectivity index (χ4n) is 3.66. The lowest BCUT2D eigenvalue weighted by Gasteiger charge is -2.31. The number of carbonyl (C=O) groups excluding carboxylic acids is 2. The fraction of sp³-hybridized carbons (Fsp3) is 0.286. The Hall–Kier alpha value is -3.55. The van der Waals surface area contributed by atoms with Gasteiger partial charge < -0.3 is 24.4 Å². The molecule has 7 nitrogen and oxygen atoms in total. The maximum absolute atomic E-state index is 13.5. The van der Waals surface area contributed by atoms with E-state index in [0.29, 0.717) is 36.1 Å². The topological polar surface area (TPSA) is 77.1 Å². The first-order valence-corrected chi connectivity index (χ1v) is 12.0. The third-order valence-electron chi connectivity index (χ3n) is 5.58. The van der Waals surface area contributed by atoms with E-state index in [9.17, 15) is 9.59 Å². The summed E-state index contributed by atoms with van der Waals surface area (Å²) in [4.78, 5) is 28.4. The van der Waals surface area contributed by atoms with E-state index < -0.39 is 6.04 Å². The summed E-state index contributed by atoms with van der Waals surface area (Å²) in [6.07, 6.45) is 0.341. The molecule has 0 radical (unpaired) electrons. The van der Waals surface area contributed by atoms with Crippen LogP contribution < -0.4 is 14.8 Å². The molecule has 8 heteroatoms. The SMILES string of the molecule is COCCNC(=O)[C@@H](Cc1ccccc1)N(Cc1ccc(OC)cc1)C(=O)COc1ccccc1Cl. The van der Waals surface area contributed by atoms with Gasteiger partial charge >= 0.3 is 0 Å². The molecule has 0 unspecified atom stereocenters. The summed E-state index contributed by atoms with van der Waals surface area (Å²) >= 11 is 6.20. The van der Waals surface area contributed by atoms with Crippen molar-refractivity contribution in [3.63, 3.8) is 0 Å². The average molecular weight is 511 g/mol. The van der Waals surface area contributed by atoms with Crippen molar-refractivity contribution < 1.29 is 23.8 Å². The van der Waals surface area contributed by atoms with Crippen molar-refractivity contribution in [3.05, 3.63) is 95.0 Å². The molecule has 3 aromatic carbocycles. The molecule has 0 heterocycles. The zero-order valence-electron chi connectivity index (χ0n) is 20.5. The van der Waals surface area contributed by atoms with Crippen molar-refractivity contribution in [3.8, 4) is 11.5 Å². The van der Waals surface area contributed by atoms with Gasteiger partial charge in [-0.05, 0) is 35.4 Å². The van der Waals surface area contributed by atoms with Crippen LogP contribution in [0.3, 0.4) is 0 Å². The molecule has 0 aliphatic heterocycles. The van der Waals surface area contributed by atoms with Crippen molar-refractivity contribution in [2.45, 2.75) is 19.0 Å². The Kier molecular flexibility index (Phi) is 10.6. The van der Waals surface area contributed by atoms with Crippen LogP contribution in [-0.2, 0) is 27.3 Å². The lowest BCUT2D eigenvalue weighted by molar-refractivity contribution is -0.142. The van der Waals surface area contributed by atoms with Gasteiger partial charge in [0.2, 0.25) is 5.91 Å². The number of rotatable bonds is 13. The highest BCUT2D eigenvalue weighted by Gasteiger charge is 2.30. The van der Waals surface area contributed by atoms with Gasteiger partial charge in [-0.25, -0.2) is 0 Å². The van der Waals surface area contributed by atoms with Crippen LogP contribution >= 0.6 is 11.6 Å². The quantitative estimate of drug-likeness (QED) is 0.350. The third kappa shape index (κ3) is 8.00. The minimum Gasteiger partial charge on any atom is -0.497 e. The maximum atomic E-state index is 13.5. The first-order valence-electron chi connectivity index (χ1n) is 11.6. The Labute approximate surface area is 216 Å². The van der Waals surface area contributed by atoms with Crippen LogP contribution in [0.5, 0.6) is 11.5 Å². The highest BCUT2D eigenvalue weighted by Crippen LogP contribution is 2.24. The van der Waals surface area contributed by atoms with Gasteiger partial charge in [-0.2, -0.15) is 0 Å². The van der Waals surface area contributed by atoms with E-state index in [1.54, 1.807) is 43.4 Å². The van der Waals surface area contributed by atoms with Gasteiger partial charge in [0.25, 0.3) is 5.91 Å². The van der Waals surface area contributed by atoms with Crippen LogP contribution in [0.4, 0.5) is 0 Å². The molecule has 2 amide bonds. The Morgan fingerprint density at radius 1 is 0.917 bits per heavy atom. The number of nitrogens with one attached hydrogen (secondary N) is 1. The largest absolute Gasteiger partial charge is 0.497 e. The molecule has 0 aliphatic carbocycles. The van der Waals surface area contributed by atoms with E-state index >= 15 is 0 Å². The molecule has 1 N–H and O–H groups in total. The molecule has 0 fully saturated rings. The number of halogens is 1. The molecule has 1 atom stereocenters. The minimum atomic E-state index is -0.770. The molecule has 0 saturated heterocycles. The van der Waals surface area contributed by atoms with Gasteiger partial charge in [0, 0.05) is 26.6 Å². The number of nitrogens with zero attached hydrogens (tertiary/aromatic N) is 1. The Morgan fingerprint density at radius 3 is 2.28 bits per heavy atom. The number of ether oxygens (including phenoxy) is 3. The van der Waals surface area contributed by atoms with Crippen LogP contribution in [-0.4, -0.2) is 56.7 Å². The number of methoxy groups -OCH3 is 2. The minimum absolute atomic E-state index is 0.212. The molecule has 0 bridgehead atoms. The van der Waals surface area contributed by atoms with Crippen LogP contribution in [0.15, 0.2) is 78.9 Å². The second-order valence-electron chi connectivity index (χ2n) is 8.08. The summed E-state index contributed by atoms with van der Waals surface area (Å²) in [6.45, 7) is 0.646. The molecule has 36 heavy (non-hydrogen) atoms. The number of para-hydroxylation sites is 1. The summed E-state index contributed by atoms with van der Waals surface area (Å²) in [5, 5.41) is 3.29. The first kappa shape index (κ1) is 27.0. The van der Waals surface area contributed by atoms with E-state index in [2.05, 4.69) is 5.32 Å². The Morgan fingerprint density at radius 2 is 1.61 bits per heavy atom. The van der Waals surface area contributed by atoms with E-state index in [1.165, 1.54) is 0 Å². The first-order chi connectivity index (χ1) is 17.5. The Balaban J connectivity index is 1.89. The molecule has 190 valence electrons. The predicted octanol–water partition coefficient (Wildman–Crippen LogP) is 4.13. The normalized spacial score (nSPS) is 11.4. The molecule has 0 aliphatic rings. The molecular formula is C28H31ClN2O5. The summed E-state index contributed by atoms with van der Waals surface area (Å²) in [7, 11) is 3.16. The van der Waals surface area contributed by atoms with E-state index in [4.69, 9.17) is 25.8 Å².